The van der Waals surface area contributed by atoms with Crippen molar-refractivity contribution in [2.75, 3.05) is 13.7 Å². The second-order valence-electron chi connectivity index (χ2n) is 5.94. The van der Waals surface area contributed by atoms with E-state index in [0.717, 1.165) is 25.8 Å². The number of thioether (sulfide) groups is 1. The van der Waals surface area contributed by atoms with Gasteiger partial charge in [-0.1, -0.05) is 25.1 Å². The first-order valence-corrected chi connectivity index (χ1v) is 8.11. The molecule has 0 aromatic carbocycles. The third-order valence-corrected chi connectivity index (χ3v) is 5.43. The van der Waals surface area contributed by atoms with Crippen molar-refractivity contribution in [2.24, 2.45) is 0 Å². The van der Waals surface area contributed by atoms with Crippen molar-refractivity contribution >= 4 is 16.9 Å². The van der Waals surface area contributed by atoms with Gasteiger partial charge in [-0.15, -0.1) is 0 Å². The molecule has 2 heterocycles. The molecule has 1 fully saturated rings. The Morgan fingerprint density at radius 1 is 1.53 bits per heavy atom. The van der Waals surface area contributed by atoms with Crippen molar-refractivity contribution in [1.29, 1.82) is 0 Å². The predicted octanol–water partition coefficient (Wildman–Crippen LogP) is 3.20. The van der Waals surface area contributed by atoms with E-state index in [0.29, 0.717) is 11.3 Å². The van der Waals surface area contributed by atoms with E-state index in [9.17, 15) is 4.79 Å². The van der Waals surface area contributed by atoms with Crippen LogP contribution in [0.4, 0.5) is 0 Å². The molecule has 0 spiro atoms. The maximum Gasteiger partial charge on any atom is 0.214 e. The third-order valence-electron chi connectivity index (χ3n) is 4.32. The van der Waals surface area contributed by atoms with Gasteiger partial charge in [0.25, 0.3) is 0 Å². The summed E-state index contributed by atoms with van der Waals surface area (Å²) in [4.78, 5) is 14.2. The standard InChI is InChI=1S/C15H25NO2S/c1-5-7-12-11(10-14(17)19-12)16-9-6-8-13(16)15(2,3)18-4/h10,12-13H,5-9H2,1-4H3/t12-,13-/m0/s1. The highest BCUT2D eigenvalue weighted by Gasteiger charge is 2.41. The SMILES string of the molecule is CCC[C@@H]1SC(=O)C=C1N1CCC[C@H]1C(C)(C)OC. The summed E-state index contributed by atoms with van der Waals surface area (Å²) in [7, 11) is 1.78. The van der Waals surface area contributed by atoms with Crippen LogP contribution in [0.25, 0.3) is 0 Å². The van der Waals surface area contributed by atoms with Gasteiger partial charge in [0.1, 0.15) is 0 Å². The summed E-state index contributed by atoms with van der Waals surface area (Å²) in [6.07, 6.45) is 6.39. The van der Waals surface area contributed by atoms with Gasteiger partial charge in [0.05, 0.1) is 16.9 Å². The average molecular weight is 283 g/mol. The van der Waals surface area contributed by atoms with Crippen molar-refractivity contribution in [1.82, 2.24) is 4.90 Å². The van der Waals surface area contributed by atoms with Crippen LogP contribution in [-0.4, -0.2) is 40.6 Å². The summed E-state index contributed by atoms with van der Waals surface area (Å²) in [6.45, 7) is 7.53. The fourth-order valence-electron chi connectivity index (χ4n) is 3.12. The molecule has 0 bridgehead atoms. The first-order chi connectivity index (χ1) is 8.99. The molecule has 4 heteroatoms. The van der Waals surface area contributed by atoms with Crippen LogP contribution in [0.1, 0.15) is 46.5 Å². The van der Waals surface area contributed by atoms with E-state index in [-0.39, 0.29) is 10.7 Å². The summed E-state index contributed by atoms with van der Waals surface area (Å²) >= 11 is 1.49. The van der Waals surface area contributed by atoms with Gasteiger partial charge >= 0.3 is 0 Å². The fraction of sp³-hybridized carbons (Fsp3) is 0.800. The highest BCUT2D eigenvalue weighted by Crippen LogP contribution is 2.40. The van der Waals surface area contributed by atoms with Crippen LogP contribution in [0.15, 0.2) is 11.8 Å². The number of carbonyl (C=O) groups excluding carboxylic acids is 1. The summed E-state index contributed by atoms with van der Waals surface area (Å²) < 4.78 is 5.67. The van der Waals surface area contributed by atoms with E-state index in [1.165, 1.54) is 23.9 Å². The monoisotopic (exact) mass is 283 g/mol. The predicted molar refractivity (Wildman–Crippen MR) is 80.2 cm³/mol. The van der Waals surface area contributed by atoms with Crippen LogP contribution in [0.3, 0.4) is 0 Å². The van der Waals surface area contributed by atoms with E-state index in [4.69, 9.17) is 4.74 Å². The first-order valence-electron chi connectivity index (χ1n) is 7.23. The quantitative estimate of drug-likeness (QED) is 0.775. The second kappa shape index (κ2) is 5.88. The van der Waals surface area contributed by atoms with E-state index in [1.54, 1.807) is 7.11 Å². The maximum absolute atomic E-state index is 11.7. The van der Waals surface area contributed by atoms with Gasteiger partial charge in [0, 0.05) is 25.4 Å². The molecule has 2 rings (SSSR count). The summed E-state index contributed by atoms with van der Waals surface area (Å²) in [6, 6.07) is 0.384. The first kappa shape index (κ1) is 14.9. The molecule has 108 valence electrons. The number of ether oxygens (including phenoxy) is 1. The van der Waals surface area contributed by atoms with E-state index in [1.807, 2.05) is 6.08 Å². The van der Waals surface area contributed by atoms with Crippen LogP contribution in [0.2, 0.25) is 0 Å². The van der Waals surface area contributed by atoms with E-state index in [2.05, 4.69) is 25.7 Å². The molecule has 2 aliphatic rings. The summed E-state index contributed by atoms with van der Waals surface area (Å²) in [5, 5.41) is 0.570. The molecule has 19 heavy (non-hydrogen) atoms. The van der Waals surface area contributed by atoms with E-state index < -0.39 is 0 Å². The molecular weight excluding hydrogens is 258 g/mol. The van der Waals surface area contributed by atoms with Gasteiger partial charge in [-0.2, -0.15) is 0 Å². The van der Waals surface area contributed by atoms with Crippen LogP contribution in [-0.2, 0) is 9.53 Å². The van der Waals surface area contributed by atoms with Crippen LogP contribution in [0.5, 0.6) is 0 Å². The lowest BCUT2D eigenvalue weighted by Crippen LogP contribution is -2.47. The molecule has 2 atom stereocenters. The lowest BCUT2D eigenvalue weighted by molar-refractivity contribution is -0.107. The van der Waals surface area contributed by atoms with Crippen molar-refractivity contribution in [3.05, 3.63) is 11.8 Å². The zero-order chi connectivity index (χ0) is 14.0. The molecule has 0 aromatic heterocycles. The molecule has 3 nitrogen and oxygen atoms in total. The van der Waals surface area contributed by atoms with Crippen LogP contribution >= 0.6 is 11.8 Å². The van der Waals surface area contributed by atoms with Gasteiger partial charge < -0.3 is 9.64 Å². The zero-order valence-corrected chi connectivity index (χ0v) is 13.3. The van der Waals surface area contributed by atoms with Crippen molar-refractivity contribution in [2.45, 2.75) is 63.3 Å². The number of hydrogen-bond donors (Lipinski definition) is 0. The smallest absolute Gasteiger partial charge is 0.214 e. The minimum atomic E-state index is -0.162. The normalized spacial score (nSPS) is 28.1. The number of methoxy groups -OCH3 is 1. The Labute approximate surface area is 120 Å². The lowest BCUT2D eigenvalue weighted by atomic mass is 9.95. The molecule has 0 amide bonds. The summed E-state index contributed by atoms with van der Waals surface area (Å²) in [5.74, 6) is 0. The number of rotatable bonds is 5. The molecule has 0 saturated carbocycles. The molecule has 1 saturated heterocycles. The molecule has 0 aromatic rings. The minimum absolute atomic E-state index is 0.162. The molecule has 0 N–H and O–H groups in total. The number of hydrogen-bond acceptors (Lipinski definition) is 4. The van der Waals surface area contributed by atoms with Crippen molar-refractivity contribution < 1.29 is 9.53 Å². The van der Waals surface area contributed by atoms with Crippen molar-refractivity contribution in [3.63, 3.8) is 0 Å². The Morgan fingerprint density at radius 2 is 2.26 bits per heavy atom. The van der Waals surface area contributed by atoms with Gasteiger partial charge in [-0.25, -0.2) is 0 Å². The number of carbonyl (C=O) groups is 1. The van der Waals surface area contributed by atoms with Gasteiger partial charge in [0.2, 0.25) is 5.12 Å². The highest BCUT2D eigenvalue weighted by atomic mass is 32.2. The van der Waals surface area contributed by atoms with Gasteiger partial charge in [-0.3, -0.25) is 4.79 Å². The highest BCUT2D eigenvalue weighted by molar-refractivity contribution is 8.15. The molecule has 0 aliphatic carbocycles. The maximum atomic E-state index is 11.7. The Morgan fingerprint density at radius 3 is 2.89 bits per heavy atom. The molecule has 0 radical (unpaired) electrons. The lowest BCUT2D eigenvalue weighted by Gasteiger charge is -2.39. The molecular formula is C15H25NO2S. The second-order valence-corrected chi connectivity index (χ2v) is 7.15. The Hall–Kier alpha value is -0.480. The topological polar surface area (TPSA) is 29.5 Å². The van der Waals surface area contributed by atoms with Gasteiger partial charge in [-0.05, 0) is 33.1 Å². The number of nitrogens with zero attached hydrogens (tertiary/aromatic N) is 1. The van der Waals surface area contributed by atoms with E-state index >= 15 is 0 Å². The average Bonchev–Trinajstić information content (AvgIpc) is 2.96. The summed E-state index contributed by atoms with van der Waals surface area (Å²) in [5.41, 5.74) is 1.08. The minimum Gasteiger partial charge on any atom is -0.377 e. The van der Waals surface area contributed by atoms with Gasteiger partial charge in [0.15, 0.2) is 0 Å². The van der Waals surface area contributed by atoms with Crippen LogP contribution in [0, 0.1) is 0 Å². The Bertz CT molecular complexity index is 378. The Balaban J connectivity index is 2.19. The largest absolute Gasteiger partial charge is 0.377 e. The fourth-order valence-corrected chi connectivity index (χ4v) is 4.27. The van der Waals surface area contributed by atoms with Crippen molar-refractivity contribution in [3.8, 4) is 0 Å². The molecule has 0 unspecified atom stereocenters. The number of likely N-dealkylation sites (tertiary alicyclic amines) is 1. The molecule has 2 aliphatic heterocycles. The van der Waals surface area contributed by atoms with Crippen LogP contribution < -0.4 is 0 Å². The zero-order valence-electron chi connectivity index (χ0n) is 12.4. The Kier molecular flexibility index (Phi) is 4.62. The third kappa shape index (κ3) is 3.00.